The van der Waals surface area contributed by atoms with Gasteiger partial charge in [-0.3, -0.25) is 9.59 Å². The van der Waals surface area contributed by atoms with Gasteiger partial charge in [0, 0.05) is 5.56 Å². The Morgan fingerprint density at radius 1 is 1.14 bits per heavy atom. The molecule has 0 aliphatic heterocycles. The molecule has 0 spiro atoms. The standard InChI is InChI=1S/C17H15NO3/c1-2-3-12-4-6-13(7-5-12)16(19)15(10-18)17(20)14-8-9-21-11-14/h4-9,11,15H,2-3H2,1H3. The second kappa shape index (κ2) is 6.67. The van der Waals surface area contributed by atoms with Crippen molar-refractivity contribution in [2.45, 2.75) is 19.8 Å². The van der Waals surface area contributed by atoms with Crippen molar-refractivity contribution < 1.29 is 14.0 Å². The molecule has 21 heavy (non-hydrogen) atoms. The van der Waals surface area contributed by atoms with Crippen molar-refractivity contribution in [2.24, 2.45) is 5.92 Å². The van der Waals surface area contributed by atoms with Crippen LogP contribution in [0, 0.1) is 17.2 Å². The quantitative estimate of drug-likeness (QED) is 0.600. The molecule has 0 aliphatic rings. The maximum absolute atomic E-state index is 12.3. The summed E-state index contributed by atoms with van der Waals surface area (Å²) in [5, 5.41) is 9.14. The van der Waals surface area contributed by atoms with Gasteiger partial charge < -0.3 is 4.42 Å². The van der Waals surface area contributed by atoms with E-state index in [4.69, 9.17) is 9.68 Å². The first-order chi connectivity index (χ1) is 10.2. The van der Waals surface area contributed by atoms with Crippen LogP contribution in [-0.4, -0.2) is 11.6 Å². The third kappa shape index (κ3) is 3.26. The van der Waals surface area contributed by atoms with Crippen molar-refractivity contribution in [2.75, 3.05) is 0 Å². The Balaban J connectivity index is 2.20. The Kier molecular flexibility index (Phi) is 4.68. The van der Waals surface area contributed by atoms with Gasteiger partial charge >= 0.3 is 0 Å². The SMILES string of the molecule is CCCc1ccc(C(=O)C(C#N)C(=O)c2ccoc2)cc1. The molecule has 0 amide bonds. The number of aryl methyl sites for hydroxylation is 1. The molecule has 0 bridgehead atoms. The van der Waals surface area contributed by atoms with Crippen LogP contribution in [0.4, 0.5) is 0 Å². The summed E-state index contributed by atoms with van der Waals surface area (Å²) in [6, 6.07) is 10.3. The third-order valence-electron chi connectivity index (χ3n) is 3.24. The monoisotopic (exact) mass is 281 g/mol. The van der Waals surface area contributed by atoms with Crippen LogP contribution in [0.5, 0.6) is 0 Å². The molecule has 1 unspecified atom stereocenters. The van der Waals surface area contributed by atoms with Crippen LogP contribution in [0.1, 0.15) is 39.6 Å². The molecule has 4 nitrogen and oxygen atoms in total. The molecular weight excluding hydrogens is 266 g/mol. The van der Waals surface area contributed by atoms with E-state index in [1.807, 2.05) is 12.1 Å². The number of benzene rings is 1. The summed E-state index contributed by atoms with van der Waals surface area (Å²) < 4.78 is 4.82. The summed E-state index contributed by atoms with van der Waals surface area (Å²) in [5.41, 5.74) is 1.74. The van der Waals surface area contributed by atoms with Crippen molar-refractivity contribution >= 4 is 11.6 Å². The topological polar surface area (TPSA) is 71.1 Å². The number of carbonyl (C=O) groups excluding carboxylic acids is 2. The van der Waals surface area contributed by atoms with Crippen LogP contribution in [0.2, 0.25) is 0 Å². The third-order valence-corrected chi connectivity index (χ3v) is 3.24. The Bertz CT molecular complexity index is 663. The average Bonchev–Trinajstić information content (AvgIpc) is 3.03. The highest BCUT2D eigenvalue weighted by molar-refractivity contribution is 6.17. The van der Waals surface area contributed by atoms with Crippen molar-refractivity contribution in [3.05, 3.63) is 59.5 Å². The number of carbonyl (C=O) groups is 2. The van der Waals surface area contributed by atoms with Gasteiger partial charge in [-0.25, -0.2) is 0 Å². The Morgan fingerprint density at radius 3 is 2.33 bits per heavy atom. The number of hydrogen-bond donors (Lipinski definition) is 0. The van der Waals surface area contributed by atoms with Crippen molar-refractivity contribution in [3.8, 4) is 6.07 Å². The van der Waals surface area contributed by atoms with E-state index in [0.717, 1.165) is 18.4 Å². The van der Waals surface area contributed by atoms with E-state index in [2.05, 4.69) is 6.92 Å². The number of nitriles is 1. The van der Waals surface area contributed by atoms with Gasteiger partial charge in [-0.2, -0.15) is 5.26 Å². The number of hydrogen-bond acceptors (Lipinski definition) is 4. The minimum Gasteiger partial charge on any atom is -0.472 e. The maximum Gasteiger partial charge on any atom is 0.191 e. The summed E-state index contributed by atoms with van der Waals surface area (Å²) in [5.74, 6) is -2.35. The normalized spacial score (nSPS) is 11.6. The molecule has 1 atom stereocenters. The van der Waals surface area contributed by atoms with Gasteiger partial charge in [0.15, 0.2) is 17.5 Å². The number of furan rings is 1. The van der Waals surface area contributed by atoms with E-state index >= 15 is 0 Å². The fraction of sp³-hybridized carbons (Fsp3) is 0.235. The molecule has 106 valence electrons. The molecule has 0 radical (unpaired) electrons. The first-order valence-corrected chi connectivity index (χ1v) is 6.76. The lowest BCUT2D eigenvalue weighted by Crippen LogP contribution is -2.22. The first-order valence-electron chi connectivity index (χ1n) is 6.76. The molecule has 0 fully saturated rings. The van der Waals surface area contributed by atoms with Crippen molar-refractivity contribution in [1.29, 1.82) is 5.26 Å². The summed E-state index contributed by atoms with van der Waals surface area (Å²) >= 11 is 0. The minimum atomic E-state index is -1.33. The average molecular weight is 281 g/mol. The lowest BCUT2D eigenvalue weighted by molar-refractivity contribution is 0.0845. The largest absolute Gasteiger partial charge is 0.472 e. The molecule has 0 aliphatic carbocycles. The molecule has 0 saturated carbocycles. The zero-order valence-corrected chi connectivity index (χ0v) is 11.7. The Labute approximate surface area is 123 Å². The van der Waals surface area contributed by atoms with Gasteiger partial charge in [-0.05, 0) is 18.1 Å². The molecule has 0 N–H and O–H groups in total. The fourth-order valence-electron chi connectivity index (χ4n) is 2.10. The van der Waals surface area contributed by atoms with Gasteiger partial charge in [0.05, 0.1) is 17.9 Å². The fourth-order valence-corrected chi connectivity index (χ4v) is 2.10. The number of ketones is 2. The van der Waals surface area contributed by atoms with E-state index < -0.39 is 17.5 Å². The molecule has 1 aromatic heterocycles. The highest BCUT2D eigenvalue weighted by atomic mass is 16.3. The zero-order chi connectivity index (χ0) is 15.2. The van der Waals surface area contributed by atoms with E-state index in [9.17, 15) is 9.59 Å². The smallest absolute Gasteiger partial charge is 0.191 e. The van der Waals surface area contributed by atoms with Crippen molar-refractivity contribution in [3.63, 3.8) is 0 Å². The van der Waals surface area contributed by atoms with Crippen LogP contribution in [-0.2, 0) is 6.42 Å². The van der Waals surface area contributed by atoms with Crippen LogP contribution in [0.25, 0.3) is 0 Å². The molecule has 1 heterocycles. The minimum absolute atomic E-state index is 0.234. The van der Waals surface area contributed by atoms with Gasteiger partial charge in [0.1, 0.15) is 6.26 Å². The maximum atomic E-state index is 12.3. The first kappa shape index (κ1) is 14.7. The highest BCUT2D eigenvalue weighted by Crippen LogP contribution is 2.16. The number of nitrogens with zero attached hydrogens (tertiary/aromatic N) is 1. The van der Waals surface area contributed by atoms with E-state index in [0.29, 0.717) is 5.56 Å². The number of rotatable bonds is 6. The summed E-state index contributed by atoms with van der Waals surface area (Å²) in [6.07, 6.45) is 4.53. The lowest BCUT2D eigenvalue weighted by Gasteiger charge is -2.07. The van der Waals surface area contributed by atoms with Crippen molar-refractivity contribution in [1.82, 2.24) is 0 Å². The molecule has 2 rings (SSSR count). The molecule has 0 saturated heterocycles. The summed E-state index contributed by atoms with van der Waals surface area (Å²) in [6.45, 7) is 2.08. The molecule has 2 aromatic rings. The van der Waals surface area contributed by atoms with Crippen LogP contribution >= 0.6 is 0 Å². The summed E-state index contributed by atoms with van der Waals surface area (Å²) in [7, 11) is 0. The van der Waals surface area contributed by atoms with Crippen LogP contribution in [0.15, 0.2) is 47.3 Å². The lowest BCUT2D eigenvalue weighted by atomic mass is 9.91. The van der Waals surface area contributed by atoms with E-state index in [-0.39, 0.29) is 5.56 Å². The number of Topliss-reactive ketones (excluding diaryl/α,β-unsaturated/α-hetero) is 2. The predicted molar refractivity (Wildman–Crippen MR) is 76.9 cm³/mol. The van der Waals surface area contributed by atoms with Gasteiger partial charge in [-0.15, -0.1) is 0 Å². The molecular formula is C17H15NO3. The van der Waals surface area contributed by atoms with Gasteiger partial charge in [0.2, 0.25) is 0 Å². The predicted octanol–water partition coefficient (Wildman–Crippen LogP) is 3.44. The molecule has 1 aromatic carbocycles. The Hall–Kier alpha value is -2.67. The van der Waals surface area contributed by atoms with Crippen LogP contribution in [0.3, 0.4) is 0 Å². The second-order valence-corrected chi connectivity index (χ2v) is 4.75. The summed E-state index contributed by atoms with van der Waals surface area (Å²) in [4.78, 5) is 24.4. The second-order valence-electron chi connectivity index (χ2n) is 4.75. The van der Waals surface area contributed by atoms with Gasteiger partial charge in [0.25, 0.3) is 0 Å². The van der Waals surface area contributed by atoms with Crippen LogP contribution < -0.4 is 0 Å². The van der Waals surface area contributed by atoms with E-state index in [1.54, 1.807) is 18.2 Å². The molecule has 4 heteroatoms. The van der Waals surface area contributed by atoms with E-state index in [1.165, 1.54) is 18.6 Å². The zero-order valence-electron chi connectivity index (χ0n) is 11.7. The highest BCUT2D eigenvalue weighted by Gasteiger charge is 2.28. The van der Waals surface area contributed by atoms with Gasteiger partial charge in [-0.1, -0.05) is 37.6 Å². The Morgan fingerprint density at radius 2 is 1.81 bits per heavy atom.